The number of nitrogens with one attached hydrogen (secondary N) is 2. The van der Waals surface area contributed by atoms with Gasteiger partial charge in [0.1, 0.15) is 5.56 Å². The molecule has 8 nitrogen and oxygen atoms in total. The van der Waals surface area contributed by atoms with Gasteiger partial charge in [-0.2, -0.15) is 5.10 Å². The monoisotopic (exact) mass is 442 g/mol. The van der Waals surface area contributed by atoms with Gasteiger partial charge in [0.2, 0.25) is 5.91 Å². The second-order valence-corrected chi connectivity index (χ2v) is 8.83. The molecule has 0 saturated heterocycles. The van der Waals surface area contributed by atoms with Gasteiger partial charge in [0.25, 0.3) is 5.91 Å². The van der Waals surface area contributed by atoms with E-state index in [1.54, 1.807) is 35.1 Å². The van der Waals surface area contributed by atoms with E-state index >= 15 is 0 Å². The molecular weight excluding hydrogens is 416 g/mol. The molecule has 2 saturated carbocycles. The van der Waals surface area contributed by atoms with E-state index in [1.165, 1.54) is 0 Å². The Bertz CT molecular complexity index is 969. The van der Waals surface area contributed by atoms with Crippen LogP contribution in [-0.4, -0.2) is 40.9 Å². The minimum atomic E-state index is -0.557. The van der Waals surface area contributed by atoms with Gasteiger partial charge in [-0.25, -0.2) is 0 Å². The number of anilines is 2. The first-order valence-corrected chi connectivity index (χ1v) is 11.0. The van der Waals surface area contributed by atoms with E-state index < -0.39 is 5.91 Å². The van der Waals surface area contributed by atoms with E-state index in [4.69, 9.17) is 17.3 Å². The van der Waals surface area contributed by atoms with Gasteiger partial charge in [-0.15, -0.1) is 0 Å². The van der Waals surface area contributed by atoms with Gasteiger partial charge in [0.15, 0.2) is 5.82 Å². The second kappa shape index (κ2) is 9.09. The molecule has 2 aliphatic carbocycles. The quantitative estimate of drug-likeness (QED) is 0.544. The van der Waals surface area contributed by atoms with Crippen molar-refractivity contribution in [3.8, 4) is 0 Å². The first-order chi connectivity index (χ1) is 14.9. The molecular formula is C22H27ClN6O2. The molecule has 0 unspecified atom stereocenters. The van der Waals surface area contributed by atoms with Gasteiger partial charge in [-0.1, -0.05) is 11.6 Å². The number of nitrogens with two attached hydrogens (primary N) is 1. The lowest BCUT2D eigenvalue weighted by Gasteiger charge is -2.35. The summed E-state index contributed by atoms with van der Waals surface area (Å²) in [6.45, 7) is 4.18. The van der Waals surface area contributed by atoms with Crippen LogP contribution in [0.25, 0.3) is 0 Å². The van der Waals surface area contributed by atoms with E-state index in [9.17, 15) is 9.59 Å². The number of benzene rings is 1. The number of aliphatic imine (C=N–C) groups is 1. The summed E-state index contributed by atoms with van der Waals surface area (Å²) in [4.78, 5) is 28.7. The third kappa shape index (κ3) is 5.07. The van der Waals surface area contributed by atoms with Crippen LogP contribution in [0.4, 0.5) is 11.5 Å². The summed E-state index contributed by atoms with van der Waals surface area (Å²) in [5.41, 5.74) is 6.67. The Labute approximate surface area is 186 Å². The molecule has 4 rings (SSSR count). The van der Waals surface area contributed by atoms with Crippen LogP contribution in [0.2, 0.25) is 5.02 Å². The number of carbonyl (C=O) groups is 2. The predicted molar refractivity (Wildman–Crippen MR) is 121 cm³/mol. The fraction of sp³-hybridized carbons (Fsp3) is 0.455. The minimum absolute atomic E-state index is 0.00865. The molecule has 0 aliphatic heterocycles. The van der Waals surface area contributed by atoms with Gasteiger partial charge < -0.3 is 21.4 Å². The number of halogens is 1. The van der Waals surface area contributed by atoms with Crippen molar-refractivity contribution < 1.29 is 9.59 Å². The summed E-state index contributed by atoms with van der Waals surface area (Å²) < 4.78 is 1.79. The van der Waals surface area contributed by atoms with Crippen LogP contribution in [0.15, 0.2) is 35.5 Å². The average Bonchev–Trinajstić information content (AvgIpc) is 3.46. The average molecular weight is 443 g/mol. The summed E-state index contributed by atoms with van der Waals surface area (Å²) in [5.74, 6) is 0.0531. The summed E-state index contributed by atoms with van der Waals surface area (Å²) in [6, 6.07) is 7.48. The second-order valence-electron chi connectivity index (χ2n) is 8.39. The maximum absolute atomic E-state index is 12.6. The van der Waals surface area contributed by atoms with Crippen LogP contribution in [0.1, 0.15) is 48.5 Å². The molecule has 2 fully saturated rings. The molecule has 9 heteroatoms. The van der Waals surface area contributed by atoms with Gasteiger partial charge in [0.05, 0.1) is 6.04 Å². The number of aromatic nitrogens is 2. The van der Waals surface area contributed by atoms with Crippen molar-refractivity contribution in [2.75, 3.05) is 11.9 Å². The van der Waals surface area contributed by atoms with E-state index in [-0.39, 0.29) is 23.8 Å². The van der Waals surface area contributed by atoms with Crippen LogP contribution in [0.3, 0.4) is 0 Å². The standard InChI is InChI=1S/C22H27ClN6O2/c1-25-11-14-10-13(22(31)27-17-7-8-17)2-9-19(14)29-12-18(20(24)30)21(28-29)26-16-5-3-15(23)4-6-16/h3-6,12-14,17,19H,1-2,7-11H2,(H2,24,30)(H,26,28)(H,27,31)/t13-,14+,19-/m0/s1. The highest BCUT2D eigenvalue weighted by molar-refractivity contribution is 6.30. The van der Waals surface area contributed by atoms with Crippen LogP contribution in [0, 0.1) is 11.8 Å². The SMILES string of the molecule is C=NC[C@H]1C[C@@H](C(=O)NC2CC2)CC[C@@H]1n1cc(C(N)=O)c(Nc2ccc(Cl)cc2)n1. The number of carbonyl (C=O) groups excluding carboxylic acids is 2. The minimum Gasteiger partial charge on any atom is -0.365 e. The number of nitrogens with zero attached hydrogens (tertiary/aromatic N) is 3. The van der Waals surface area contributed by atoms with E-state index in [2.05, 4.69) is 27.4 Å². The predicted octanol–water partition coefficient (Wildman–Crippen LogP) is 3.32. The fourth-order valence-electron chi connectivity index (χ4n) is 4.25. The van der Waals surface area contributed by atoms with Crippen molar-refractivity contribution in [3.63, 3.8) is 0 Å². The van der Waals surface area contributed by atoms with Crippen molar-refractivity contribution >= 4 is 41.6 Å². The Kier molecular flexibility index (Phi) is 6.27. The van der Waals surface area contributed by atoms with Crippen molar-refractivity contribution in [2.45, 2.75) is 44.2 Å². The zero-order valence-corrected chi connectivity index (χ0v) is 18.0. The highest BCUT2D eigenvalue weighted by Gasteiger charge is 2.37. The van der Waals surface area contributed by atoms with Crippen molar-refractivity contribution in [3.05, 3.63) is 41.0 Å². The Balaban J connectivity index is 1.54. The molecule has 3 atom stereocenters. The molecule has 0 radical (unpaired) electrons. The summed E-state index contributed by atoms with van der Waals surface area (Å²) in [7, 11) is 0. The van der Waals surface area contributed by atoms with Gasteiger partial charge in [-0.3, -0.25) is 14.3 Å². The van der Waals surface area contributed by atoms with Gasteiger partial charge in [-0.05, 0) is 63.1 Å². The molecule has 1 aromatic heterocycles. The maximum Gasteiger partial charge on any atom is 0.254 e. The van der Waals surface area contributed by atoms with Crippen molar-refractivity contribution in [1.29, 1.82) is 0 Å². The number of hydrogen-bond donors (Lipinski definition) is 3. The number of rotatable bonds is 8. The Morgan fingerprint density at radius 3 is 2.61 bits per heavy atom. The molecule has 164 valence electrons. The molecule has 0 bridgehead atoms. The van der Waals surface area contributed by atoms with Crippen molar-refractivity contribution in [2.24, 2.45) is 22.6 Å². The third-order valence-electron chi connectivity index (χ3n) is 6.04. The smallest absolute Gasteiger partial charge is 0.254 e. The Morgan fingerprint density at radius 1 is 1.23 bits per heavy atom. The lowest BCUT2D eigenvalue weighted by molar-refractivity contribution is -0.127. The van der Waals surface area contributed by atoms with Crippen LogP contribution in [0.5, 0.6) is 0 Å². The molecule has 1 aromatic carbocycles. The van der Waals surface area contributed by atoms with Crippen LogP contribution >= 0.6 is 11.6 Å². The molecule has 2 aromatic rings. The molecule has 4 N–H and O–H groups in total. The number of hydrogen-bond acceptors (Lipinski definition) is 5. The molecule has 1 heterocycles. The van der Waals surface area contributed by atoms with E-state index in [0.29, 0.717) is 35.4 Å². The van der Waals surface area contributed by atoms with E-state index in [0.717, 1.165) is 31.4 Å². The highest BCUT2D eigenvalue weighted by Crippen LogP contribution is 2.38. The number of amides is 2. The summed E-state index contributed by atoms with van der Waals surface area (Å²) >= 11 is 5.95. The third-order valence-corrected chi connectivity index (χ3v) is 6.30. The zero-order valence-electron chi connectivity index (χ0n) is 17.3. The lowest BCUT2D eigenvalue weighted by atomic mass is 9.77. The molecule has 0 spiro atoms. The largest absolute Gasteiger partial charge is 0.365 e. The summed E-state index contributed by atoms with van der Waals surface area (Å²) in [6.07, 6.45) is 6.09. The zero-order chi connectivity index (χ0) is 22.0. The lowest BCUT2D eigenvalue weighted by Crippen LogP contribution is -2.38. The van der Waals surface area contributed by atoms with Gasteiger partial charge >= 0.3 is 0 Å². The Hall–Kier alpha value is -2.87. The fourth-order valence-corrected chi connectivity index (χ4v) is 4.37. The Morgan fingerprint density at radius 2 is 1.97 bits per heavy atom. The first-order valence-electron chi connectivity index (χ1n) is 10.6. The normalized spacial score (nSPS) is 23.2. The highest BCUT2D eigenvalue weighted by atomic mass is 35.5. The van der Waals surface area contributed by atoms with Gasteiger partial charge in [0, 0.05) is 41.3 Å². The summed E-state index contributed by atoms with van der Waals surface area (Å²) in [5, 5.41) is 11.5. The van der Waals surface area contributed by atoms with Crippen LogP contribution < -0.4 is 16.4 Å². The molecule has 31 heavy (non-hydrogen) atoms. The topological polar surface area (TPSA) is 114 Å². The molecule has 2 aliphatic rings. The van der Waals surface area contributed by atoms with E-state index in [1.807, 2.05) is 0 Å². The van der Waals surface area contributed by atoms with Crippen LogP contribution in [-0.2, 0) is 4.79 Å². The number of primary amides is 1. The first kappa shape index (κ1) is 21.4. The maximum atomic E-state index is 12.6. The molecule has 2 amide bonds. The van der Waals surface area contributed by atoms with Crippen molar-refractivity contribution in [1.82, 2.24) is 15.1 Å².